The average molecular weight is 959 g/mol. The van der Waals surface area contributed by atoms with Gasteiger partial charge in [-0.25, -0.2) is 12.1 Å². The minimum atomic E-state index is -3.87. The number of nitrogens with one attached hydrogen (secondary N) is 3. The molecule has 17 heteroatoms. The van der Waals surface area contributed by atoms with Crippen molar-refractivity contribution in [3.05, 3.63) is 41.5 Å². The van der Waals surface area contributed by atoms with Crippen molar-refractivity contribution in [3.8, 4) is 5.75 Å². The number of benzene rings is 1. The number of hydrogen-bond acceptors (Lipinski definition) is 12. The normalized spacial score (nSPS) is 15.0. The maximum Gasteiger partial charge on any atom is 0.331 e. The van der Waals surface area contributed by atoms with E-state index in [1.54, 1.807) is 26.2 Å². The third kappa shape index (κ3) is 16.8. The summed E-state index contributed by atoms with van der Waals surface area (Å²) in [6, 6.07) is 5.04. The van der Waals surface area contributed by atoms with Crippen LogP contribution < -0.4 is 20.7 Å². The molecule has 0 saturated heterocycles. The summed E-state index contributed by atoms with van der Waals surface area (Å²) in [5, 5.41) is 61.2. The summed E-state index contributed by atoms with van der Waals surface area (Å²) in [6.45, 7) is 16.1. The molecule has 0 radical (unpaired) electrons. The number of Topliss-reactive ketones (excluding diaryl/α,β-unsaturated/α-hetero) is 1. The van der Waals surface area contributed by atoms with Crippen LogP contribution in [0.4, 0.5) is 0 Å². The van der Waals surface area contributed by atoms with Crippen LogP contribution in [0, 0.1) is 11.3 Å². The topological polar surface area (TPSA) is 235 Å². The Morgan fingerprint density at radius 3 is 1.94 bits per heavy atom. The van der Waals surface area contributed by atoms with Gasteiger partial charge in [0, 0.05) is 55.3 Å². The molecule has 3 atom stereocenters. The lowest BCUT2D eigenvalue weighted by Gasteiger charge is -2.78. The Bertz CT molecular complexity index is 1710. The minimum Gasteiger partial charge on any atom is -0.493 e. The second kappa shape index (κ2) is 26.4. The lowest BCUT2D eigenvalue weighted by Crippen LogP contribution is -2.61. The summed E-state index contributed by atoms with van der Waals surface area (Å²) in [5.74, 6) is 0.198. The molecule has 0 heterocycles. The van der Waals surface area contributed by atoms with E-state index < -0.39 is 48.2 Å². The molecule has 0 bridgehead atoms. The van der Waals surface area contributed by atoms with Gasteiger partial charge < -0.3 is 51.1 Å². The van der Waals surface area contributed by atoms with Gasteiger partial charge in [-0.05, 0) is 78.9 Å². The highest BCUT2D eigenvalue weighted by molar-refractivity contribution is 9.13. The summed E-state index contributed by atoms with van der Waals surface area (Å²) in [6.07, 6.45) is 5.17. The Morgan fingerprint density at radius 2 is 1.45 bits per heavy atom. The zero-order valence-corrected chi connectivity index (χ0v) is 43.0. The molecule has 376 valence electrons. The van der Waals surface area contributed by atoms with Gasteiger partial charge in [0.1, 0.15) is 17.6 Å². The zero-order chi connectivity index (χ0) is 49.7. The molecular formula is C48H86N4O11S2. The van der Waals surface area contributed by atoms with Gasteiger partial charge in [0.2, 0.25) is 17.7 Å². The van der Waals surface area contributed by atoms with Crippen molar-refractivity contribution in [1.29, 1.82) is 0 Å². The fraction of sp³-hybridized carbons (Fsp3) is 0.729. The largest absolute Gasteiger partial charge is 0.493 e. The van der Waals surface area contributed by atoms with E-state index in [9.17, 15) is 49.5 Å². The lowest BCUT2D eigenvalue weighted by atomic mass is 9.76. The molecule has 8 N–H and O–H groups in total. The van der Waals surface area contributed by atoms with E-state index in [1.807, 2.05) is 73.6 Å². The van der Waals surface area contributed by atoms with Crippen molar-refractivity contribution < 1.29 is 54.2 Å². The van der Waals surface area contributed by atoms with E-state index in [-0.39, 0.29) is 91.6 Å². The predicted molar refractivity (Wildman–Crippen MR) is 266 cm³/mol. The van der Waals surface area contributed by atoms with Crippen LogP contribution in [0.1, 0.15) is 106 Å². The number of likely N-dealkylation sites (N-methyl/N-ethyl adjacent to an activating group) is 2. The molecule has 0 spiro atoms. The highest BCUT2D eigenvalue weighted by atomic mass is 33.2. The quantitative estimate of drug-likeness (QED) is 0.0276. The van der Waals surface area contributed by atoms with Crippen LogP contribution in [0.15, 0.2) is 35.9 Å². The molecule has 1 rings (SSSR count). The fourth-order valence-corrected chi connectivity index (χ4v) is 20.1. The Hall–Kier alpha value is -3.19. The van der Waals surface area contributed by atoms with Crippen molar-refractivity contribution >= 4 is 47.6 Å². The van der Waals surface area contributed by atoms with Crippen molar-refractivity contribution in [2.75, 3.05) is 88.2 Å². The Labute approximate surface area is 392 Å². The van der Waals surface area contributed by atoms with Crippen LogP contribution in [0.3, 0.4) is 0 Å². The number of aliphatic hydroxyl groups excluding tert-OH is 4. The number of carboxylic acids is 1. The van der Waals surface area contributed by atoms with Crippen molar-refractivity contribution in [3.63, 3.8) is 0 Å². The standard InChI is InChI=1S/C48H86N4O11S2/c1-12-38(57)18-14-13-15-21-50-41(58)20-27-64-65(28-22-53,29-23-54,30-24-55,31-25-56)32-26-63-39-19-16-17-37(34-39)48(8,9)42(49-10)44(59)51-43(47(5,6)7)45(60)52(11)40(35(2)3)33-36(4)46(61)62/h16-17,19,33-35,40,42-43,49,53-56H,12-15,18,20-32H2,1-11H3,(H,50,58)(H,51,59)(H,61,62)/b36-33+/t40-,42-,43-/m1/s1. The summed E-state index contributed by atoms with van der Waals surface area (Å²) in [5.41, 5.74) is -0.696. The van der Waals surface area contributed by atoms with Crippen LogP contribution in [0.5, 0.6) is 5.75 Å². The van der Waals surface area contributed by atoms with Gasteiger partial charge >= 0.3 is 5.97 Å². The molecule has 0 saturated carbocycles. The number of ketones is 1. The molecule has 15 nitrogen and oxygen atoms in total. The SMILES string of the molecule is CCC(=O)CCCCCNC(=O)CCSS(CCO)(CCO)(CCO)(CCO)CCOc1cccc(C(C)(C)[C@H](NC)C(=O)N[C@H](C(=O)N(C)[C@H](/C=C(\C)C(=O)O)C(C)C)C(C)(C)C)c1. The second-order valence-electron chi connectivity index (χ2n) is 19.6. The number of carbonyl (C=O) groups is 5. The number of carboxylic acid groups (broad SMARTS) is 1. The van der Waals surface area contributed by atoms with E-state index in [0.29, 0.717) is 36.6 Å². The molecule has 3 amide bonds. The first kappa shape index (κ1) is 59.8. The molecule has 0 aliphatic heterocycles. The van der Waals surface area contributed by atoms with E-state index in [4.69, 9.17) is 4.74 Å². The fourth-order valence-electron chi connectivity index (χ4n) is 8.75. The summed E-state index contributed by atoms with van der Waals surface area (Å²) in [4.78, 5) is 66.2. The van der Waals surface area contributed by atoms with Crippen LogP contribution in [-0.2, 0) is 29.4 Å². The smallest absolute Gasteiger partial charge is 0.331 e. The van der Waals surface area contributed by atoms with Gasteiger partial charge in [-0.15, -0.1) is 10.8 Å². The number of unbranched alkanes of at least 4 members (excludes halogenated alkanes) is 2. The number of aliphatic carboxylic acids is 1. The highest BCUT2D eigenvalue weighted by Gasteiger charge is 2.59. The van der Waals surface area contributed by atoms with Gasteiger partial charge in [-0.3, -0.25) is 19.2 Å². The molecular weight excluding hydrogens is 873 g/mol. The maximum absolute atomic E-state index is 14.3. The van der Waals surface area contributed by atoms with E-state index in [1.165, 1.54) is 22.6 Å². The molecule has 0 aliphatic rings. The molecule has 0 aliphatic carbocycles. The van der Waals surface area contributed by atoms with E-state index >= 15 is 0 Å². The highest BCUT2D eigenvalue weighted by Crippen LogP contribution is 2.96. The molecule has 1 aromatic rings. The van der Waals surface area contributed by atoms with Gasteiger partial charge in [0.05, 0.1) is 45.1 Å². The molecule has 1 aromatic carbocycles. The minimum absolute atomic E-state index is 0.107. The summed E-state index contributed by atoms with van der Waals surface area (Å²) in [7, 11) is 0.930. The number of nitrogens with zero attached hydrogens (tertiary/aromatic N) is 1. The molecule has 0 unspecified atom stereocenters. The zero-order valence-electron chi connectivity index (χ0n) is 41.4. The molecule has 0 aromatic heterocycles. The van der Waals surface area contributed by atoms with Crippen LogP contribution in [0.2, 0.25) is 0 Å². The Morgan fingerprint density at radius 1 is 0.862 bits per heavy atom. The Kier molecular flexibility index (Phi) is 24.3. The lowest BCUT2D eigenvalue weighted by molar-refractivity contribution is -0.141. The van der Waals surface area contributed by atoms with Crippen molar-refractivity contribution in [2.45, 2.75) is 124 Å². The second-order valence-corrected chi connectivity index (χ2v) is 31.8. The first-order chi connectivity index (χ1) is 30.3. The summed E-state index contributed by atoms with van der Waals surface area (Å²) < 4.78 is 6.47. The van der Waals surface area contributed by atoms with Crippen LogP contribution >= 0.6 is 18.1 Å². The van der Waals surface area contributed by atoms with E-state index in [2.05, 4.69) is 16.0 Å². The van der Waals surface area contributed by atoms with Crippen molar-refractivity contribution in [2.24, 2.45) is 11.3 Å². The number of hydrogen-bond donors (Lipinski definition) is 8. The number of carbonyl (C=O) groups excluding carboxylic acids is 4. The third-order valence-corrected chi connectivity index (χ3v) is 27.4. The maximum atomic E-state index is 14.3. The predicted octanol–water partition coefficient (Wildman–Crippen LogP) is 4.52. The number of amides is 3. The van der Waals surface area contributed by atoms with Gasteiger partial charge in [0.25, 0.3) is 0 Å². The van der Waals surface area contributed by atoms with Crippen LogP contribution in [0.25, 0.3) is 0 Å². The number of rotatable bonds is 33. The first-order valence-corrected chi connectivity index (χ1v) is 27.9. The van der Waals surface area contributed by atoms with Gasteiger partial charge in [0.15, 0.2) is 0 Å². The Balaban J connectivity index is 3.42. The number of ether oxygens (including phenoxy) is 1. The first-order valence-electron chi connectivity index (χ1n) is 23.1. The van der Waals surface area contributed by atoms with Gasteiger partial charge in [-0.2, -0.15) is 0 Å². The molecule has 65 heavy (non-hydrogen) atoms. The molecule has 0 fully saturated rings. The monoisotopic (exact) mass is 959 g/mol. The third-order valence-electron chi connectivity index (χ3n) is 13.2. The van der Waals surface area contributed by atoms with Crippen LogP contribution in [-0.4, -0.2) is 166 Å². The van der Waals surface area contributed by atoms with E-state index in [0.717, 1.165) is 24.8 Å². The summed E-state index contributed by atoms with van der Waals surface area (Å²) >= 11 is 0. The van der Waals surface area contributed by atoms with Crippen molar-refractivity contribution in [1.82, 2.24) is 20.9 Å². The van der Waals surface area contributed by atoms with Gasteiger partial charge in [-0.1, -0.05) is 80.0 Å². The average Bonchev–Trinajstić information content (AvgIpc) is 3.22. The number of aliphatic hydroxyl groups is 4.